The van der Waals surface area contributed by atoms with Gasteiger partial charge >= 0.3 is 0 Å². The maximum atomic E-state index is 13.4. The number of carbonyl (C=O) groups excluding carboxylic acids is 1. The summed E-state index contributed by atoms with van der Waals surface area (Å²) in [6.45, 7) is 3.96. The van der Waals surface area contributed by atoms with E-state index in [1.54, 1.807) is 29.2 Å². The zero-order valence-corrected chi connectivity index (χ0v) is 16.7. The van der Waals surface area contributed by atoms with Gasteiger partial charge in [-0.3, -0.25) is 19.8 Å². The number of nitrogens with zero attached hydrogens (tertiary/aromatic N) is 2. The average Bonchev–Trinajstić information content (AvgIpc) is 3.06. The fraction of sp³-hybridized carbons (Fsp3) is 0.125. The molecule has 1 amide bonds. The SMILES string of the molecule is Cc1ccc(NC2=C[C@@H](c3ccccc3[N+](=O)[O-])N(c3ccc(C)cc3)C2=O)cc1. The number of hydrogen-bond acceptors (Lipinski definition) is 4. The van der Waals surface area contributed by atoms with Crippen LogP contribution in [0, 0.1) is 24.0 Å². The molecule has 3 aromatic rings. The molecule has 6 heteroatoms. The van der Waals surface area contributed by atoms with Crippen molar-refractivity contribution in [2.45, 2.75) is 19.9 Å². The lowest BCUT2D eigenvalue weighted by atomic mass is 10.0. The van der Waals surface area contributed by atoms with E-state index < -0.39 is 11.0 Å². The molecule has 4 rings (SSSR count). The Morgan fingerprint density at radius 3 is 2.13 bits per heavy atom. The molecule has 0 aromatic heterocycles. The molecule has 0 bridgehead atoms. The van der Waals surface area contributed by atoms with Crippen molar-refractivity contribution in [2.75, 3.05) is 10.2 Å². The quantitative estimate of drug-likeness (QED) is 0.467. The van der Waals surface area contributed by atoms with E-state index in [4.69, 9.17) is 0 Å². The third-order valence-corrected chi connectivity index (χ3v) is 5.15. The van der Waals surface area contributed by atoms with E-state index in [1.807, 2.05) is 62.4 Å². The van der Waals surface area contributed by atoms with Crippen LogP contribution in [0.4, 0.5) is 17.1 Å². The Labute approximate surface area is 174 Å². The molecule has 0 radical (unpaired) electrons. The normalized spacial score (nSPS) is 15.8. The first-order chi connectivity index (χ1) is 14.4. The van der Waals surface area contributed by atoms with Crippen LogP contribution in [0.25, 0.3) is 0 Å². The van der Waals surface area contributed by atoms with Gasteiger partial charge in [-0.25, -0.2) is 0 Å². The fourth-order valence-electron chi connectivity index (χ4n) is 3.56. The number of benzene rings is 3. The number of hydrogen-bond donors (Lipinski definition) is 1. The van der Waals surface area contributed by atoms with E-state index in [0.29, 0.717) is 16.9 Å². The molecule has 1 atom stereocenters. The van der Waals surface area contributed by atoms with Crippen LogP contribution in [0.1, 0.15) is 22.7 Å². The van der Waals surface area contributed by atoms with E-state index in [2.05, 4.69) is 5.32 Å². The van der Waals surface area contributed by atoms with Crippen molar-refractivity contribution in [1.29, 1.82) is 0 Å². The van der Waals surface area contributed by atoms with E-state index in [-0.39, 0.29) is 11.6 Å². The lowest BCUT2D eigenvalue weighted by molar-refractivity contribution is -0.385. The van der Waals surface area contributed by atoms with E-state index in [9.17, 15) is 14.9 Å². The second kappa shape index (κ2) is 7.83. The van der Waals surface area contributed by atoms with Gasteiger partial charge in [-0.1, -0.05) is 47.5 Å². The second-order valence-electron chi connectivity index (χ2n) is 7.34. The molecule has 0 aliphatic carbocycles. The minimum absolute atomic E-state index is 0.0137. The van der Waals surface area contributed by atoms with Crippen LogP contribution in [0.2, 0.25) is 0 Å². The number of carbonyl (C=O) groups is 1. The first-order valence-electron chi connectivity index (χ1n) is 9.63. The summed E-state index contributed by atoms with van der Waals surface area (Å²) in [6, 6.07) is 21.2. The summed E-state index contributed by atoms with van der Waals surface area (Å²) in [4.78, 5) is 26.2. The highest BCUT2D eigenvalue weighted by molar-refractivity contribution is 6.11. The molecule has 6 nitrogen and oxygen atoms in total. The molecule has 0 unspecified atom stereocenters. The summed E-state index contributed by atoms with van der Waals surface area (Å²) in [7, 11) is 0. The Morgan fingerprint density at radius 1 is 0.900 bits per heavy atom. The Morgan fingerprint density at radius 2 is 1.50 bits per heavy atom. The first kappa shape index (κ1) is 19.4. The van der Waals surface area contributed by atoms with Gasteiger partial charge in [0.25, 0.3) is 11.6 Å². The first-order valence-corrected chi connectivity index (χ1v) is 9.63. The van der Waals surface area contributed by atoms with E-state index in [1.165, 1.54) is 6.07 Å². The molecule has 0 saturated carbocycles. The molecule has 150 valence electrons. The third kappa shape index (κ3) is 3.67. The van der Waals surface area contributed by atoms with Gasteiger partial charge in [0.15, 0.2) is 0 Å². The number of rotatable bonds is 5. The molecule has 0 fully saturated rings. The molecule has 1 heterocycles. The summed E-state index contributed by atoms with van der Waals surface area (Å²) in [5.41, 5.74) is 4.50. The highest BCUT2D eigenvalue weighted by atomic mass is 16.6. The van der Waals surface area contributed by atoms with Gasteiger partial charge in [-0.05, 0) is 50.3 Å². The summed E-state index contributed by atoms with van der Waals surface area (Å²) < 4.78 is 0. The summed E-state index contributed by atoms with van der Waals surface area (Å²) in [6.07, 6.45) is 1.75. The van der Waals surface area contributed by atoms with Crippen molar-refractivity contribution in [3.8, 4) is 0 Å². The maximum Gasteiger partial charge on any atom is 0.275 e. The van der Waals surface area contributed by atoms with Crippen molar-refractivity contribution in [3.05, 3.63) is 111 Å². The highest BCUT2D eigenvalue weighted by Gasteiger charge is 2.37. The Hall–Kier alpha value is -3.93. The predicted octanol–water partition coefficient (Wildman–Crippen LogP) is 5.30. The van der Waals surface area contributed by atoms with E-state index >= 15 is 0 Å². The minimum atomic E-state index is -0.588. The number of aryl methyl sites for hydroxylation is 2. The largest absolute Gasteiger partial charge is 0.351 e. The smallest absolute Gasteiger partial charge is 0.275 e. The van der Waals surface area contributed by atoms with Crippen molar-refractivity contribution < 1.29 is 9.72 Å². The molecule has 3 aromatic carbocycles. The Balaban J connectivity index is 1.79. The minimum Gasteiger partial charge on any atom is -0.351 e. The predicted molar refractivity (Wildman–Crippen MR) is 117 cm³/mol. The van der Waals surface area contributed by atoms with Gasteiger partial charge in [0, 0.05) is 17.4 Å². The topological polar surface area (TPSA) is 75.5 Å². The van der Waals surface area contributed by atoms with Crippen molar-refractivity contribution in [2.24, 2.45) is 0 Å². The van der Waals surface area contributed by atoms with Gasteiger partial charge in [0.1, 0.15) is 5.70 Å². The van der Waals surface area contributed by atoms with Crippen molar-refractivity contribution >= 4 is 23.0 Å². The molecule has 0 saturated heterocycles. The van der Waals surface area contributed by atoms with Crippen LogP contribution in [-0.2, 0) is 4.79 Å². The Bertz CT molecular complexity index is 1140. The number of para-hydroxylation sites is 1. The lowest BCUT2D eigenvalue weighted by Crippen LogP contribution is -2.31. The van der Waals surface area contributed by atoms with Gasteiger partial charge in [0.2, 0.25) is 0 Å². The zero-order valence-electron chi connectivity index (χ0n) is 16.7. The van der Waals surface area contributed by atoms with Gasteiger partial charge in [-0.15, -0.1) is 0 Å². The molecule has 1 aliphatic rings. The van der Waals surface area contributed by atoms with Crippen LogP contribution in [0.15, 0.2) is 84.6 Å². The molecule has 1 aliphatic heterocycles. The summed E-state index contributed by atoms with van der Waals surface area (Å²) >= 11 is 0. The third-order valence-electron chi connectivity index (χ3n) is 5.15. The van der Waals surface area contributed by atoms with Crippen LogP contribution >= 0.6 is 0 Å². The monoisotopic (exact) mass is 399 g/mol. The number of nitrogens with one attached hydrogen (secondary N) is 1. The summed E-state index contributed by atoms with van der Waals surface area (Å²) in [5.74, 6) is -0.234. The number of nitro groups is 1. The van der Waals surface area contributed by atoms with Crippen LogP contribution in [-0.4, -0.2) is 10.8 Å². The van der Waals surface area contributed by atoms with Crippen molar-refractivity contribution in [3.63, 3.8) is 0 Å². The van der Waals surface area contributed by atoms with Crippen LogP contribution in [0.3, 0.4) is 0 Å². The number of anilines is 2. The molecular formula is C24H21N3O3. The molecule has 1 N–H and O–H groups in total. The summed E-state index contributed by atoms with van der Waals surface area (Å²) in [5, 5.41) is 14.8. The maximum absolute atomic E-state index is 13.4. The fourth-order valence-corrected chi connectivity index (χ4v) is 3.56. The number of amides is 1. The van der Waals surface area contributed by atoms with E-state index in [0.717, 1.165) is 16.8 Å². The molecular weight excluding hydrogens is 378 g/mol. The molecule has 0 spiro atoms. The van der Waals surface area contributed by atoms with Crippen LogP contribution < -0.4 is 10.2 Å². The second-order valence-corrected chi connectivity index (χ2v) is 7.34. The van der Waals surface area contributed by atoms with Gasteiger partial charge in [-0.2, -0.15) is 0 Å². The standard InChI is InChI=1S/C24H21N3O3/c1-16-7-11-18(12-8-16)25-21-15-23(20-5-3-4-6-22(20)27(29)30)26(24(21)28)19-13-9-17(2)10-14-19/h3-15,23,25H,1-2H3/t23-/m0/s1. The van der Waals surface area contributed by atoms with Crippen LogP contribution in [0.5, 0.6) is 0 Å². The molecule has 30 heavy (non-hydrogen) atoms. The lowest BCUT2D eigenvalue weighted by Gasteiger charge is -2.25. The zero-order chi connectivity index (χ0) is 21.3. The van der Waals surface area contributed by atoms with Crippen molar-refractivity contribution in [1.82, 2.24) is 0 Å². The average molecular weight is 399 g/mol. The van der Waals surface area contributed by atoms with Gasteiger partial charge < -0.3 is 5.32 Å². The number of nitro benzene ring substituents is 1. The Kier molecular flexibility index (Phi) is 5.06. The highest BCUT2D eigenvalue weighted by Crippen LogP contribution is 2.39. The van der Waals surface area contributed by atoms with Gasteiger partial charge in [0.05, 0.1) is 16.5 Å².